The Balaban J connectivity index is 2.30. The predicted molar refractivity (Wildman–Crippen MR) is 61.4 cm³/mol. The van der Waals surface area contributed by atoms with E-state index in [-0.39, 0.29) is 0 Å². The molecule has 2 heterocycles. The molecule has 2 aliphatic heterocycles. The Bertz CT molecular complexity index is 415. The quantitative estimate of drug-likeness (QED) is 0.373. The molecule has 2 saturated heterocycles. The molecule has 6 atom stereocenters. The molecule has 0 aliphatic carbocycles. The molecule has 2 aliphatic rings. The van der Waals surface area contributed by atoms with E-state index in [1.54, 1.807) is 0 Å². The van der Waals surface area contributed by atoms with Crippen molar-refractivity contribution in [3.8, 4) is 0 Å². The van der Waals surface area contributed by atoms with Gasteiger partial charge in [-0.25, -0.2) is 4.79 Å². The third kappa shape index (κ3) is 2.38. The summed E-state index contributed by atoms with van der Waals surface area (Å²) >= 11 is 0. The molecule has 0 saturated carbocycles. The van der Waals surface area contributed by atoms with Crippen molar-refractivity contribution in [2.45, 2.75) is 49.6 Å². The standard InChI is InChI=1S/C11H17NO8/c1-4(14)12-7-5(15)2-11(10(17)18)19-8(6(16)3-13)9(7)20-11/h5-9,13,15-16H,2-3H2,1H3,(H,12,14)(H,17,18)/t5-,6?,7+,8?,9+,11-/m0/s1. The molecular weight excluding hydrogens is 274 g/mol. The van der Waals surface area contributed by atoms with Crippen LogP contribution in [0.5, 0.6) is 0 Å². The molecule has 0 aromatic rings. The van der Waals surface area contributed by atoms with Crippen LogP contribution in [-0.2, 0) is 19.1 Å². The molecule has 114 valence electrons. The first-order valence-electron chi connectivity index (χ1n) is 6.14. The minimum absolute atomic E-state index is 0.390. The fraction of sp³-hybridized carbons (Fsp3) is 0.818. The van der Waals surface area contributed by atoms with Gasteiger partial charge in [-0.15, -0.1) is 0 Å². The molecule has 2 rings (SSSR count). The number of aliphatic carboxylic acids is 1. The topological polar surface area (TPSA) is 146 Å². The van der Waals surface area contributed by atoms with E-state index in [0.29, 0.717) is 0 Å². The van der Waals surface area contributed by atoms with Crippen molar-refractivity contribution in [1.29, 1.82) is 0 Å². The Labute approximate surface area is 114 Å². The summed E-state index contributed by atoms with van der Waals surface area (Å²) in [6.07, 6.45) is -5.21. The molecule has 5 N–H and O–H groups in total. The van der Waals surface area contributed by atoms with Crippen LogP contribution in [0.1, 0.15) is 13.3 Å². The van der Waals surface area contributed by atoms with E-state index in [4.69, 9.17) is 14.6 Å². The van der Waals surface area contributed by atoms with E-state index in [1.807, 2.05) is 0 Å². The van der Waals surface area contributed by atoms with Crippen LogP contribution < -0.4 is 5.32 Å². The minimum Gasteiger partial charge on any atom is -0.477 e. The van der Waals surface area contributed by atoms with E-state index < -0.39 is 61.1 Å². The number of rotatable bonds is 4. The number of carboxylic acid groups (broad SMARTS) is 1. The van der Waals surface area contributed by atoms with Gasteiger partial charge in [0.25, 0.3) is 5.79 Å². The highest BCUT2D eigenvalue weighted by atomic mass is 16.8. The second-order valence-corrected chi connectivity index (χ2v) is 4.97. The smallest absolute Gasteiger partial charge is 0.364 e. The third-order valence-corrected chi connectivity index (χ3v) is 3.49. The summed E-state index contributed by atoms with van der Waals surface area (Å²) in [5, 5.41) is 40.3. The van der Waals surface area contributed by atoms with Gasteiger partial charge in [0.1, 0.15) is 18.3 Å². The number of fused-ring (bicyclic) bond motifs is 2. The number of nitrogens with one attached hydrogen (secondary N) is 1. The summed E-state index contributed by atoms with van der Waals surface area (Å²) in [4.78, 5) is 22.4. The van der Waals surface area contributed by atoms with Crippen LogP contribution in [0.25, 0.3) is 0 Å². The van der Waals surface area contributed by atoms with Crippen molar-refractivity contribution < 1.29 is 39.5 Å². The molecular formula is C11H17NO8. The van der Waals surface area contributed by atoms with Crippen LogP contribution in [0.3, 0.4) is 0 Å². The lowest BCUT2D eigenvalue weighted by Gasteiger charge is -2.37. The number of carbonyl (C=O) groups excluding carboxylic acids is 1. The van der Waals surface area contributed by atoms with Crippen molar-refractivity contribution in [3.05, 3.63) is 0 Å². The zero-order chi connectivity index (χ0) is 15.1. The summed E-state index contributed by atoms with van der Waals surface area (Å²) in [6, 6.07) is -0.923. The van der Waals surface area contributed by atoms with Crippen LogP contribution in [0.15, 0.2) is 0 Å². The normalized spacial score (nSPS) is 41.2. The number of ether oxygens (including phenoxy) is 2. The maximum Gasteiger partial charge on any atom is 0.364 e. The maximum absolute atomic E-state index is 11.3. The second-order valence-electron chi connectivity index (χ2n) is 4.97. The largest absolute Gasteiger partial charge is 0.477 e. The van der Waals surface area contributed by atoms with Gasteiger partial charge in [0.2, 0.25) is 5.91 Å². The lowest BCUT2D eigenvalue weighted by Crippen LogP contribution is -2.60. The number of aliphatic hydroxyl groups excluding tert-OH is 3. The van der Waals surface area contributed by atoms with Crippen molar-refractivity contribution >= 4 is 11.9 Å². The van der Waals surface area contributed by atoms with Crippen molar-refractivity contribution in [3.63, 3.8) is 0 Å². The number of aliphatic hydroxyl groups is 3. The van der Waals surface area contributed by atoms with Crippen molar-refractivity contribution in [2.75, 3.05) is 6.61 Å². The SMILES string of the molecule is CC(=O)N[C@@H]1[C@@H](O)C[C@]2(C(=O)O)OC(C(O)CO)[C@@H]1O2. The summed E-state index contributed by atoms with van der Waals surface area (Å²) in [5.41, 5.74) is 0. The van der Waals surface area contributed by atoms with Gasteiger partial charge in [0, 0.05) is 13.3 Å². The van der Waals surface area contributed by atoms with Gasteiger partial charge < -0.3 is 35.2 Å². The van der Waals surface area contributed by atoms with Crippen LogP contribution in [0.2, 0.25) is 0 Å². The fourth-order valence-corrected chi connectivity index (χ4v) is 2.60. The molecule has 20 heavy (non-hydrogen) atoms. The lowest BCUT2D eigenvalue weighted by molar-refractivity contribution is -0.234. The monoisotopic (exact) mass is 291 g/mol. The van der Waals surface area contributed by atoms with Gasteiger partial charge in [-0.3, -0.25) is 4.79 Å². The molecule has 1 amide bonds. The summed E-state index contributed by atoms with van der Waals surface area (Å²) in [7, 11) is 0. The molecule has 0 aromatic carbocycles. The van der Waals surface area contributed by atoms with E-state index >= 15 is 0 Å². The van der Waals surface area contributed by atoms with E-state index in [9.17, 15) is 24.9 Å². The zero-order valence-electron chi connectivity index (χ0n) is 10.7. The number of hydrogen-bond acceptors (Lipinski definition) is 7. The number of carboxylic acids is 1. The highest BCUT2D eigenvalue weighted by molar-refractivity contribution is 5.77. The third-order valence-electron chi connectivity index (χ3n) is 3.49. The van der Waals surface area contributed by atoms with Crippen LogP contribution >= 0.6 is 0 Å². The van der Waals surface area contributed by atoms with Gasteiger partial charge in [0.05, 0.1) is 18.8 Å². The first-order valence-corrected chi connectivity index (χ1v) is 6.14. The van der Waals surface area contributed by atoms with Crippen molar-refractivity contribution in [1.82, 2.24) is 5.32 Å². The molecule has 9 heteroatoms. The van der Waals surface area contributed by atoms with Gasteiger partial charge in [-0.2, -0.15) is 0 Å². The first kappa shape index (κ1) is 15.1. The maximum atomic E-state index is 11.3. The molecule has 0 aromatic heterocycles. The predicted octanol–water partition coefficient (Wildman–Crippen LogP) is -2.83. The van der Waals surface area contributed by atoms with Gasteiger partial charge in [0.15, 0.2) is 0 Å². The highest BCUT2D eigenvalue weighted by Gasteiger charge is 2.63. The molecule has 2 fully saturated rings. The average molecular weight is 291 g/mol. The van der Waals surface area contributed by atoms with E-state index in [1.165, 1.54) is 6.92 Å². The molecule has 2 unspecified atom stereocenters. The first-order chi connectivity index (χ1) is 9.30. The number of amides is 1. The van der Waals surface area contributed by atoms with Gasteiger partial charge >= 0.3 is 5.97 Å². The molecule has 0 radical (unpaired) electrons. The Morgan fingerprint density at radius 3 is 2.60 bits per heavy atom. The molecule has 0 spiro atoms. The summed E-state index contributed by atoms with van der Waals surface area (Å²) < 4.78 is 10.5. The Hall–Kier alpha value is -1.26. The highest BCUT2D eigenvalue weighted by Crippen LogP contribution is 2.41. The fourth-order valence-electron chi connectivity index (χ4n) is 2.60. The Kier molecular flexibility index (Phi) is 3.98. The van der Waals surface area contributed by atoms with Gasteiger partial charge in [-0.1, -0.05) is 0 Å². The lowest BCUT2D eigenvalue weighted by atomic mass is 9.92. The summed E-state index contributed by atoms with van der Waals surface area (Å²) in [5.74, 6) is -3.94. The zero-order valence-corrected chi connectivity index (χ0v) is 10.7. The van der Waals surface area contributed by atoms with E-state index in [2.05, 4.69) is 5.32 Å². The molecule has 9 nitrogen and oxygen atoms in total. The van der Waals surface area contributed by atoms with Crippen LogP contribution in [-0.4, -0.2) is 75.2 Å². The van der Waals surface area contributed by atoms with Crippen LogP contribution in [0, 0.1) is 0 Å². The molecule has 2 bridgehead atoms. The van der Waals surface area contributed by atoms with E-state index in [0.717, 1.165) is 0 Å². The van der Waals surface area contributed by atoms with Crippen LogP contribution in [0.4, 0.5) is 0 Å². The Morgan fingerprint density at radius 1 is 1.45 bits per heavy atom. The minimum atomic E-state index is -2.07. The van der Waals surface area contributed by atoms with Gasteiger partial charge in [-0.05, 0) is 0 Å². The summed E-state index contributed by atoms with van der Waals surface area (Å²) in [6.45, 7) is 0.572. The number of hydrogen-bond donors (Lipinski definition) is 5. The Morgan fingerprint density at radius 2 is 2.10 bits per heavy atom. The average Bonchev–Trinajstić information content (AvgIpc) is 2.70. The number of carbonyl (C=O) groups is 2. The van der Waals surface area contributed by atoms with Crippen molar-refractivity contribution in [2.24, 2.45) is 0 Å². The second kappa shape index (κ2) is 5.26.